The van der Waals surface area contributed by atoms with Gasteiger partial charge in [-0.3, -0.25) is 0 Å². The number of benzene rings is 1. The van der Waals surface area contributed by atoms with Crippen molar-refractivity contribution in [2.75, 3.05) is 13.1 Å². The van der Waals surface area contributed by atoms with E-state index < -0.39 is 6.10 Å². The fourth-order valence-electron chi connectivity index (χ4n) is 1.53. The van der Waals surface area contributed by atoms with Gasteiger partial charge in [-0.15, -0.1) is 0 Å². The summed E-state index contributed by atoms with van der Waals surface area (Å²) in [6.45, 7) is 7.65. The van der Waals surface area contributed by atoms with Crippen LogP contribution in [0.25, 0.3) is 0 Å². The first-order valence-electron chi connectivity index (χ1n) is 6.09. The number of rotatable bonds is 6. The highest BCUT2D eigenvalue weighted by molar-refractivity contribution is 5.19. The third-order valence-electron chi connectivity index (χ3n) is 3.16. The molecular formula is C14H22FNO. The Kier molecular flexibility index (Phi) is 5.09. The molecule has 0 bridgehead atoms. The molecule has 0 heterocycles. The van der Waals surface area contributed by atoms with Crippen LogP contribution >= 0.6 is 0 Å². The van der Waals surface area contributed by atoms with Crippen molar-refractivity contribution < 1.29 is 9.50 Å². The van der Waals surface area contributed by atoms with Crippen molar-refractivity contribution >= 4 is 0 Å². The number of nitrogens with one attached hydrogen (secondary N) is 1. The van der Waals surface area contributed by atoms with Gasteiger partial charge in [0.2, 0.25) is 0 Å². The number of aliphatic hydroxyl groups is 1. The van der Waals surface area contributed by atoms with Gasteiger partial charge >= 0.3 is 0 Å². The summed E-state index contributed by atoms with van der Waals surface area (Å²) in [7, 11) is 0. The first kappa shape index (κ1) is 14.1. The molecular weight excluding hydrogens is 217 g/mol. The number of aliphatic hydroxyl groups excluding tert-OH is 1. The van der Waals surface area contributed by atoms with Crippen molar-refractivity contribution in [3.8, 4) is 0 Å². The van der Waals surface area contributed by atoms with E-state index in [-0.39, 0.29) is 11.2 Å². The fraction of sp³-hybridized carbons (Fsp3) is 0.571. The molecule has 1 aromatic carbocycles. The molecule has 1 rings (SSSR count). The smallest absolute Gasteiger partial charge is 0.129 e. The maximum atomic E-state index is 13.4. The van der Waals surface area contributed by atoms with E-state index in [4.69, 9.17) is 0 Å². The predicted molar refractivity (Wildman–Crippen MR) is 68.3 cm³/mol. The first-order chi connectivity index (χ1) is 7.96. The monoisotopic (exact) mass is 239 g/mol. The van der Waals surface area contributed by atoms with Crippen LogP contribution in [-0.2, 0) is 0 Å². The van der Waals surface area contributed by atoms with Gasteiger partial charge in [0.05, 0.1) is 6.10 Å². The Balaban J connectivity index is 2.46. The van der Waals surface area contributed by atoms with Gasteiger partial charge in [-0.25, -0.2) is 4.39 Å². The lowest BCUT2D eigenvalue weighted by molar-refractivity contribution is 0.163. The highest BCUT2D eigenvalue weighted by Gasteiger charge is 2.16. The van der Waals surface area contributed by atoms with Crippen molar-refractivity contribution in [3.63, 3.8) is 0 Å². The van der Waals surface area contributed by atoms with Crippen molar-refractivity contribution in [2.24, 2.45) is 5.41 Å². The minimum atomic E-state index is -0.788. The Bertz CT molecular complexity index is 352. The van der Waals surface area contributed by atoms with E-state index in [1.54, 1.807) is 18.2 Å². The molecule has 17 heavy (non-hydrogen) atoms. The minimum absolute atomic E-state index is 0.203. The second-order valence-corrected chi connectivity index (χ2v) is 5.19. The third-order valence-corrected chi connectivity index (χ3v) is 3.16. The van der Waals surface area contributed by atoms with E-state index in [2.05, 4.69) is 26.1 Å². The van der Waals surface area contributed by atoms with Crippen molar-refractivity contribution in [1.82, 2.24) is 5.32 Å². The maximum Gasteiger partial charge on any atom is 0.129 e. The Morgan fingerprint density at radius 3 is 2.59 bits per heavy atom. The van der Waals surface area contributed by atoms with Gasteiger partial charge in [0.1, 0.15) is 5.82 Å². The van der Waals surface area contributed by atoms with Crippen LogP contribution in [0.1, 0.15) is 38.9 Å². The molecule has 2 N–H and O–H groups in total. The Hall–Kier alpha value is -0.930. The van der Waals surface area contributed by atoms with Gasteiger partial charge in [-0.2, -0.15) is 0 Å². The highest BCUT2D eigenvalue weighted by Crippen LogP contribution is 2.19. The number of hydrogen-bond donors (Lipinski definition) is 2. The summed E-state index contributed by atoms with van der Waals surface area (Å²) in [5.74, 6) is -0.350. The molecule has 3 heteroatoms. The topological polar surface area (TPSA) is 32.3 Å². The van der Waals surface area contributed by atoms with Crippen molar-refractivity contribution in [3.05, 3.63) is 35.6 Å². The van der Waals surface area contributed by atoms with Gasteiger partial charge < -0.3 is 10.4 Å². The number of hydrogen-bond acceptors (Lipinski definition) is 2. The summed E-state index contributed by atoms with van der Waals surface area (Å²) in [5, 5.41) is 13.1. The summed E-state index contributed by atoms with van der Waals surface area (Å²) in [6, 6.07) is 6.35. The molecule has 1 unspecified atom stereocenters. The van der Waals surface area contributed by atoms with E-state index in [1.165, 1.54) is 6.07 Å². The zero-order valence-corrected chi connectivity index (χ0v) is 10.8. The Morgan fingerprint density at radius 1 is 1.35 bits per heavy atom. The van der Waals surface area contributed by atoms with Crippen LogP contribution in [0, 0.1) is 11.2 Å². The summed E-state index contributed by atoms with van der Waals surface area (Å²) in [5.41, 5.74) is 0.559. The molecule has 96 valence electrons. The molecule has 0 saturated carbocycles. The van der Waals surface area contributed by atoms with Crippen LogP contribution in [0.15, 0.2) is 24.3 Å². The Labute approximate surface area is 103 Å². The predicted octanol–water partition coefficient (Wildman–Crippen LogP) is 2.88. The lowest BCUT2D eigenvalue weighted by Crippen LogP contribution is -2.32. The minimum Gasteiger partial charge on any atom is -0.387 e. The third kappa shape index (κ3) is 4.44. The average molecular weight is 239 g/mol. The van der Waals surface area contributed by atoms with Gasteiger partial charge in [0.15, 0.2) is 0 Å². The largest absolute Gasteiger partial charge is 0.387 e. The second-order valence-electron chi connectivity index (χ2n) is 5.19. The highest BCUT2D eigenvalue weighted by atomic mass is 19.1. The SMILES string of the molecule is CCC(C)(C)CNCC(O)c1ccccc1F. The molecule has 0 aliphatic heterocycles. The molecule has 2 nitrogen and oxygen atoms in total. The van der Waals surface area contributed by atoms with E-state index >= 15 is 0 Å². The van der Waals surface area contributed by atoms with Gasteiger partial charge in [0.25, 0.3) is 0 Å². The second kappa shape index (κ2) is 6.12. The zero-order valence-electron chi connectivity index (χ0n) is 10.8. The molecule has 0 saturated heterocycles. The molecule has 1 aromatic rings. The average Bonchev–Trinajstić information content (AvgIpc) is 2.29. The molecule has 1 atom stereocenters. The summed E-state index contributed by atoms with van der Waals surface area (Å²) < 4.78 is 13.4. The van der Waals surface area contributed by atoms with E-state index in [1.807, 2.05) is 0 Å². The van der Waals surface area contributed by atoms with E-state index in [9.17, 15) is 9.50 Å². The van der Waals surface area contributed by atoms with Gasteiger partial charge in [-0.05, 0) is 17.9 Å². The van der Waals surface area contributed by atoms with Crippen LogP contribution in [-0.4, -0.2) is 18.2 Å². The van der Waals surface area contributed by atoms with Gasteiger partial charge in [-0.1, -0.05) is 39.0 Å². The molecule has 0 fully saturated rings. The van der Waals surface area contributed by atoms with Crippen molar-refractivity contribution in [2.45, 2.75) is 33.3 Å². The Morgan fingerprint density at radius 2 is 2.00 bits per heavy atom. The maximum absolute atomic E-state index is 13.4. The zero-order chi connectivity index (χ0) is 12.9. The van der Waals surface area contributed by atoms with E-state index in [0.29, 0.717) is 12.1 Å². The van der Waals surface area contributed by atoms with Crippen LogP contribution in [0.2, 0.25) is 0 Å². The molecule has 0 spiro atoms. The lowest BCUT2D eigenvalue weighted by atomic mass is 9.90. The van der Waals surface area contributed by atoms with E-state index in [0.717, 1.165) is 13.0 Å². The number of halogens is 1. The summed E-state index contributed by atoms with van der Waals surface area (Å²) in [6.07, 6.45) is 0.277. The van der Waals surface area contributed by atoms with Crippen LogP contribution < -0.4 is 5.32 Å². The normalized spacial score (nSPS) is 13.7. The molecule has 0 aliphatic rings. The van der Waals surface area contributed by atoms with Crippen molar-refractivity contribution in [1.29, 1.82) is 0 Å². The molecule has 0 amide bonds. The quantitative estimate of drug-likeness (QED) is 0.800. The lowest BCUT2D eigenvalue weighted by Gasteiger charge is -2.24. The first-order valence-corrected chi connectivity index (χ1v) is 6.09. The van der Waals surface area contributed by atoms with Crippen LogP contribution in [0.4, 0.5) is 4.39 Å². The fourth-order valence-corrected chi connectivity index (χ4v) is 1.53. The van der Waals surface area contributed by atoms with Crippen LogP contribution in [0.5, 0.6) is 0 Å². The summed E-state index contributed by atoms with van der Waals surface area (Å²) >= 11 is 0. The molecule has 0 radical (unpaired) electrons. The molecule has 0 aliphatic carbocycles. The van der Waals surface area contributed by atoms with Crippen LogP contribution in [0.3, 0.4) is 0 Å². The standard InChI is InChI=1S/C14H22FNO/c1-4-14(2,3)10-16-9-13(17)11-7-5-6-8-12(11)15/h5-8,13,16-17H,4,9-10H2,1-3H3. The molecule has 0 aromatic heterocycles. The van der Waals surface area contributed by atoms with Gasteiger partial charge in [0, 0.05) is 18.7 Å². The summed E-state index contributed by atoms with van der Waals surface area (Å²) in [4.78, 5) is 0.